The van der Waals surface area contributed by atoms with Crippen molar-refractivity contribution in [2.75, 3.05) is 0 Å². The summed E-state index contributed by atoms with van der Waals surface area (Å²) in [6, 6.07) is 5.01. The van der Waals surface area contributed by atoms with Gasteiger partial charge in [-0.05, 0) is 23.6 Å². The highest BCUT2D eigenvalue weighted by Gasteiger charge is 2.17. The summed E-state index contributed by atoms with van der Waals surface area (Å²) in [5.41, 5.74) is 1.60. The Hall–Kier alpha value is -0.890. The number of ketones is 1. The van der Waals surface area contributed by atoms with Crippen molar-refractivity contribution in [2.24, 2.45) is 0 Å². The Kier molecular flexibility index (Phi) is 3.04. The van der Waals surface area contributed by atoms with Crippen LogP contribution in [0.25, 0.3) is 0 Å². The lowest BCUT2D eigenvalue weighted by Gasteiger charge is -2.14. The van der Waals surface area contributed by atoms with Crippen LogP contribution in [0.15, 0.2) is 18.2 Å². The van der Waals surface area contributed by atoms with E-state index in [-0.39, 0.29) is 30.4 Å². The molecule has 0 heterocycles. The molecular weight excluding hydrogens is 191 g/mol. The Balaban J connectivity index is 0.000000845. The van der Waals surface area contributed by atoms with E-state index in [1.807, 2.05) is 6.07 Å². The lowest BCUT2D eigenvalue weighted by molar-refractivity contribution is -0.118. The van der Waals surface area contributed by atoms with Crippen LogP contribution in [0.5, 0.6) is 0 Å². The van der Waals surface area contributed by atoms with E-state index in [0.717, 1.165) is 5.56 Å². The second kappa shape index (κ2) is 3.88. The minimum Gasteiger partial charge on any atom is -0.299 e. The molecule has 0 N–H and O–H groups in total. The molecule has 2 rings (SSSR count). The molecule has 1 nitrogen and oxygen atoms in total. The molecule has 1 aliphatic rings. The predicted molar refractivity (Wildman–Crippen MR) is 50.7 cm³/mol. The van der Waals surface area contributed by atoms with E-state index in [9.17, 15) is 9.18 Å². The number of fused-ring (bicyclic) bond motifs is 1. The summed E-state index contributed by atoms with van der Waals surface area (Å²) >= 11 is 0. The molecule has 0 aromatic heterocycles. The van der Waals surface area contributed by atoms with Crippen molar-refractivity contribution in [2.45, 2.75) is 19.3 Å². The number of rotatable bonds is 0. The summed E-state index contributed by atoms with van der Waals surface area (Å²) in [6.07, 6.45) is 1.55. The summed E-state index contributed by atoms with van der Waals surface area (Å²) in [5.74, 6) is -0.0897. The van der Waals surface area contributed by atoms with Crippen molar-refractivity contribution in [3.8, 4) is 0 Å². The van der Waals surface area contributed by atoms with Gasteiger partial charge in [0.2, 0.25) is 0 Å². The van der Waals surface area contributed by atoms with Crippen LogP contribution < -0.4 is 0 Å². The molecule has 1 aromatic carbocycles. The molecule has 0 fully saturated rings. The van der Waals surface area contributed by atoms with E-state index in [0.29, 0.717) is 18.4 Å². The summed E-state index contributed by atoms with van der Waals surface area (Å²) < 4.78 is 13.1. The smallest absolute Gasteiger partial charge is 0.137 e. The highest BCUT2D eigenvalue weighted by atomic mass is 35.5. The average Bonchev–Trinajstić information content (AvgIpc) is 2.07. The second-order valence-electron chi connectivity index (χ2n) is 3.09. The van der Waals surface area contributed by atoms with Crippen molar-refractivity contribution >= 4 is 18.2 Å². The number of hydrogen-bond donors (Lipinski definition) is 0. The fourth-order valence-corrected chi connectivity index (χ4v) is 1.60. The second-order valence-corrected chi connectivity index (χ2v) is 3.09. The Morgan fingerprint density at radius 2 is 2.00 bits per heavy atom. The zero-order valence-electron chi connectivity index (χ0n) is 7.05. The van der Waals surface area contributed by atoms with Crippen LogP contribution in [-0.2, 0) is 17.6 Å². The lowest BCUT2D eigenvalue weighted by atomic mass is 9.91. The van der Waals surface area contributed by atoms with Gasteiger partial charge >= 0.3 is 0 Å². The van der Waals surface area contributed by atoms with Crippen LogP contribution >= 0.6 is 12.4 Å². The van der Waals surface area contributed by atoms with Crippen molar-refractivity contribution < 1.29 is 9.18 Å². The number of Topliss-reactive ketones (excluding diaryl/α,β-unsaturated/α-hetero) is 1. The van der Waals surface area contributed by atoms with E-state index in [4.69, 9.17) is 0 Å². The minimum absolute atomic E-state index is 0. The molecule has 0 atom stereocenters. The van der Waals surface area contributed by atoms with Gasteiger partial charge in [0.1, 0.15) is 11.6 Å². The Labute approximate surface area is 82.4 Å². The van der Waals surface area contributed by atoms with Crippen molar-refractivity contribution in [1.82, 2.24) is 0 Å². The monoisotopic (exact) mass is 200 g/mol. The first-order valence-corrected chi connectivity index (χ1v) is 4.05. The molecule has 13 heavy (non-hydrogen) atoms. The summed E-state index contributed by atoms with van der Waals surface area (Å²) in [4.78, 5) is 11.0. The SMILES string of the molecule is Cl.O=C1CCc2cccc(F)c2C1. The number of benzene rings is 1. The van der Waals surface area contributed by atoms with E-state index in [1.54, 1.807) is 6.07 Å². The highest BCUT2D eigenvalue weighted by Crippen LogP contribution is 2.21. The first-order chi connectivity index (χ1) is 5.77. The van der Waals surface area contributed by atoms with Crippen LogP contribution in [0.4, 0.5) is 4.39 Å². The summed E-state index contributed by atoms with van der Waals surface area (Å²) in [5, 5.41) is 0. The summed E-state index contributed by atoms with van der Waals surface area (Å²) in [7, 11) is 0. The highest BCUT2D eigenvalue weighted by molar-refractivity contribution is 5.85. The summed E-state index contributed by atoms with van der Waals surface area (Å²) in [6.45, 7) is 0. The Bertz CT molecular complexity index is 336. The third-order valence-electron chi connectivity index (χ3n) is 2.26. The maximum Gasteiger partial charge on any atom is 0.137 e. The normalized spacial score (nSPS) is 14.7. The van der Waals surface area contributed by atoms with Crippen molar-refractivity contribution in [3.63, 3.8) is 0 Å². The fraction of sp³-hybridized carbons (Fsp3) is 0.300. The van der Waals surface area contributed by atoms with Gasteiger partial charge in [-0.3, -0.25) is 4.79 Å². The van der Waals surface area contributed by atoms with E-state index >= 15 is 0 Å². The van der Waals surface area contributed by atoms with E-state index < -0.39 is 0 Å². The topological polar surface area (TPSA) is 17.1 Å². The van der Waals surface area contributed by atoms with Gasteiger partial charge in [0.05, 0.1) is 0 Å². The van der Waals surface area contributed by atoms with E-state index in [1.165, 1.54) is 6.07 Å². The van der Waals surface area contributed by atoms with Gasteiger partial charge in [0.15, 0.2) is 0 Å². The molecule has 3 heteroatoms. The van der Waals surface area contributed by atoms with Crippen LogP contribution in [0.2, 0.25) is 0 Å². The molecule has 0 spiro atoms. The van der Waals surface area contributed by atoms with Gasteiger partial charge in [-0.25, -0.2) is 4.39 Å². The molecule has 1 aromatic rings. The van der Waals surface area contributed by atoms with Crippen LogP contribution in [0, 0.1) is 5.82 Å². The molecule has 0 unspecified atom stereocenters. The molecule has 1 aliphatic carbocycles. The zero-order valence-corrected chi connectivity index (χ0v) is 7.86. The molecule has 0 bridgehead atoms. The maximum absolute atomic E-state index is 13.1. The van der Waals surface area contributed by atoms with Crippen molar-refractivity contribution in [1.29, 1.82) is 0 Å². The van der Waals surface area contributed by atoms with Gasteiger partial charge in [-0.2, -0.15) is 0 Å². The zero-order chi connectivity index (χ0) is 8.55. The van der Waals surface area contributed by atoms with Gasteiger partial charge < -0.3 is 0 Å². The molecule has 0 amide bonds. The lowest BCUT2D eigenvalue weighted by Crippen LogP contribution is -2.14. The predicted octanol–water partition coefficient (Wildman–Crippen LogP) is 2.31. The number of carbonyl (C=O) groups excluding carboxylic acids is 1. The molecule has 0 radical (unpaired) electrons. The van der Waals surface area contributed by atoms with Crippen molar-refractivity contribution in [3.05, 3.63) is 35.1 Å². The van der Waals surface area contributed by atoms with E-state index in [2.05, 4.69) is 0 Å². The molecule has 0 saturated heterocycles. The first kappa shape index (κ1) is 10.2. The Morgan fingerprint density at radius 3 is 2.77 bits per heavy atom. The Morgan fingerprint density at radius 1 is 1.23 bits per heavy atom. The molecular formula is C10H10ClFO. The quantitative estimate of drug-likeness (QED) is 0.628. The third kappa shape index (κ3) is 1.89. The van der Waals surface area contributed by atoms with Gasteiger partial charge in [0.25, 0.3) is 0 Å². The maximum atomic E-state index is 13.1. The molecule has 70 valence electrons. The standard InChI is InChI=1S/C10H9FO.ClH/c11-10-3-1-2-7-4-5-8(12)6-9(7)10;/h1-3H,4-6H2;1H. The van der Waals surface area contributed by atoms with Crippen LogP contribution in [0.1, 0.15) is 17.5 Å². The number of carbonyl (C=O) groups is 1. The minimum atomic E-state index is -0.236. The van der Waals surface area contributed by atoms with Gasteiger partial charge in [-0.15, -0.1) is 12.4 Å². The average molecular weight is 201 g/mol. The van der Waals surface area contributed by atoms with Gasteiger partial charge in [0, 0.05) is 12.8 Å². The van der Waals surface area contributed by atoms with Gasteiger partial charge in [-0.1, -0.05) is 12.1 Å². The molecule has 0 aliphatic heterocycles. The largest absolute Gasteiger partial charge is 0.299 e. The molecule has 0 saturated carbocycles. The number of aryl methyl sites for hydroxylation is 1. The first-order valence-electron chi connectivity index (χ1n) is 4.05. The number of hydrogen-bond acceptors (Lipinski definition) is 1. The fourth-order valence-electron chi connectivity index (χ4n) is 1.60. The third-order valence-corrected chi connectivity index (χ3v) is 2.26. The van der Waals surface area contributed by atoms with Crippen LogP contribution in [0.3, 0.4) is 0 Å². The number of halogens is 2. The van der Waals surface area contributed by atoms with Crippen LogP contribution in [-0.4, -0.2) is 5.78 Å².